The zero-order chi connectivity index (χ0) is 21.1. The zero-order valence-corrected chi connectivity index (χ0v) is 17.5. The van der Waals surface area contributed by atoms with Crippen molar-refractivity contribution in [2.24, 2.45) is 0 Å². The molecule has 0 spiro atoms. The molecular weight excluding hydrogens is 384 g/mol. The van der Waals surface area contributed by atoms with Crippen molar-refractivity contribution in [3.05, 3.63) is 47.9 Å². The van der Waals surface area contributed by atoms with Crippen molar-refractivity contribution in [2.45, 2.75) is 6.54 Å². The lowest BCUT2D eigenvalue weighted by molar-refractivity contribution is 0.0623. The molecule has 1 amide bonds. The molecule has 0 atom stereocenters. The molecule has 0 bridgehead atoms. The molecule has 4 rings (SSSR count). The van der Waals surface area contributed by atoms with Crippen LogP contribution in [-0.4, -0.2) is 73.2 Å². The highest BCUT2D eigenvalue weighted by molar-refractivity contribution is 6.02. The minimum Gasteiger partial charge on any atom is -0.496 e. The second kappa shape index (κ2) is 8.62. The molecule has 0 unspecified atom stereocenters. The van der Waals surface area contributed by atoms with E-state index in [9.17, 15) is 4.79 Å². The monoisotopic (exact) mass is 410 g/mol. The normalized spacial score (nSPS) is 14.7. The third-order valence-corrected chi connectivity index (χ3v) is 5.49. The predicted molar refractivity (Wildman–Crippen MR) is 113 cm³/mol. The number of benzene rings is 1. The summed E-state index contributed by atoms with van der Waals surface area (Å²) in [6, 6.07) is 7.64. The van der Waals surface area contributed by atoms with Crippen molar-refractivity contribution in [1.29, 1.82) is 0 Å². The van der Waals surface area contributed by atoms with E-state index in [-0.39, 0.29) is 5.91 Å². The first kappa shape index (κ1) is 20.0. The Hall–Kier alpha value is -3.26. The van der Waals surface area contributed by atoms with Gasteiger partial charge in [-0.25, -0.2) is 0 Å². The Morgan fingerprint density at radius 3 is 2.33 bits per heavy atom. The van der Waals surface area contributed by atoms with Crippen LogP contribution in [0, 0.1) is 0 Å². The molecule has 0 saturated carbocycles. The number of H-pyrrole nitrogens is 1. The van der Waals surface area contributed by atoms with Crippen LogP contribution in [0.3, 0.4) is 0 Å². The maximum Gasteiger partial charge on any atom is 0.270 e. The molecule has 1 N–H and O–H groups in total. The summed E-state index contributed by atoms with van der Waals surface area (Å²) >= 11 is 0. The Morgan fingerprint density at radius 1 is 1.00 bits per heavy atom. The van der Waals surface area contributed by atoms with Gasteiger partial charge in [0.25, 0.3) is 5.91 Å². The fourth-order valence-corrected chi connectivity index (χ4v) is 3.88. The number of nitrogens with one attached hydrogen (secondary N) is 1. The van der Waals surface area contributed by atoms with Gasteiger partial charge in [0.1, 0.15) is 11.4 Å². The number of aromatic nitrogens is 2. The Kier molecular flexibility index (Phi) is 5.76. The van der Waals surface area contributed by atoms with Crippen LogP contribution in [-0.2, 0) is 6.54 Å². The van der Waals surface area contributed by atoms with Gasteiger partial charge in [0.2, 0.25) is 0 Å². The molecule has 1 aliphatic heterocycles. The van der Waals surface area contributed by atoms with Crippen LogP contribution in [0.2, 0.25) is 0 Å². The molecule has 8 nitrogen and oxygen atoms in total. The number of hydrogen-bond donors (Lipinski definition) is 1. The molecule has 1 aromatic carbocycles. The summed E-state index contributed by atoms with van der Waals surface area (Å²) < 4.78 is 16.4. The molecule has 8 heteroatoms. The predicted octanol–water partition coefficient (Wildman–Crippen LogP) is 2.55. The summed E-state index contributed by atoms with van der Waals surface area (Å²) in [6.45, 7) is 3.88. The van der Waals surface area contributed by atoms with Crippen LogP contribution in [0.5, 0.6) is 17.2 Å². The number of piperazine rings is 1. The van der Waals surface area contributed by atoms with Crippen molar-refractivity contribution in [3.63, 3.8) is 0 Å². The quantitative estimate of drug-likeness (QED) is 0.673. The van der Waals surface area contributed by atoms with Gasteiger partial charge < -0.3 is 24.1 Å². The zero-order valence-electron chi connectivity index (χ0n) is 17.5. The number of ether oxygens (including phenoxy) is 3. The van der Waals surface area contributed by atoms with E-state index in [4.69, 9.17) is 14.2 Å². The molecule has 1 fully saturated rings. The van der Waals surface area contributed by atoms with Gasteiger partial charge in [0.15, 0.2) is 11.5 Å². The maximum atomic E-state index is 13.1. The second-order valence-electron chi connectivity index (χ2n) is 7.21. The lowest BCUT2D eigenvalue weighted by atomic mass is 10.2. The molecule has 1 saturated heterocycles. The van der Waals surface area contributed by atoms with Crippen LogP contribution >= 0.6 is 0 Å². The number of rotatable bonds is 6. The lowest BCUT2D eigenvalue weighted by Crippen LogP contribution is -2.48. The molecule has 0 aliphatic carbocycles. The third kappa shape index (κ3) is 3.78. The van der Waals surface area contributed by atoms with Gasteiger partial charge in [-0.3, -0.25) is 14.7 Å². The first-order valence-corrected chi connectivity index (χ1v) is 9.86. The number of aromatic amines is 1. The highest BCUT2D eigenvalue weighted by atomic mass is 16.5. The largest absolute Gasteiger partial charge is 0.496 e. The van der Waals surface area contributed by atoms with E-state index in [1.807, 2.05) is 35.5 Å². The van der Waals surface area contributed by atoms with Gasteiger partial charge in [-0.15, -0.1) is 0 Å². The SMILES string of the molecule is COc1cc(OC)c2cc(C(=O)N3CCN(Cc4ccncc4)CC3)[nH]c2c1OC. The maximum absolute atomic E-state index is 13.1. The van der Waals surface area contributed by atoms with Gasteiger partial charge in [-0.05, 0) is 23.8 Å². The van der Waals surface area contributed by atoms with Gasteiger partial charge in [0, 0.05) is 56.6 Å². The van der Waals surface area contributed by atoms with Crippen LogP contribution in [0.1, 0.15) is 16.1 Å². The number of hydrogen-bond acceptors (Lipinski definition) is 6. The fraction of sp³-hybridized carbons (Fsp3) is 0.364. The van der Waals surface area contributed by atoms with E-state index in [1.165, 1.54) is 5.56 Å². The summed E-state index contributed by atoms with van der Waals surface area (Å²) in [5, 5.41) is 0.787. The topological polar surface area (TPSA) is 79.9 Å². The van der Waals surface area contributed by atoms with E-state index >= 15 is 0 Å². The van der Waals surface area contributed by atoms with Crippen LogP contribution in [0.15, 0.2) is 36.7 Å². The van der Waals surface area contributed by atoms with Crippen LogP contribution < -0.4 is 14.2 Å². The van der Waals surface area contributed by atoms with Crippen molar-refractivity contribution < 1.29 is 19.0 Å². The summed E-state index contributed by atoms with van der Waals surface area (Å²) in [5.41, 5.74) is 2.43. The minimum atomic E-state index is -0.0298. The van der Waals surface area contributed by atoms with E-state index in [0.717, 1.165) is 25.0 Å². The van der Waals surface area contributed by atoms with Crippen molar-refractivity contribution in [2.75, 3.05) is 47.5 Å². The van der Waals surface area contributed by atoms with Gasteiger partial charge in [0.05, 0.1) is 26.8 Å². The summed E-state index contributed by atoms with van der Waals surface area (Å²) in [6.07, 6.45) is 3.62. The Labute approximate surface area is 175 Å². The van der Waals surface area contributed by atoms with E-state index in [0.29, 0.717) is 41.5 Å². The average Bonchev–Trinajstić information content (AvgIpc) is 3.24. The van der Waals surface area contributed by atoms with Gasteiger partial charge in [-0.1, -0.05) is 0 Å². The van der Waals surface area contributed by atoms with Crippen LogP contribution in [0.4, 0.5) is 0 Å². The smallest absolute Gasteiger partial charge is 0.270 e. The average molecular weight is 410 g/mol. The molecule has 30 heavy (non-hydrogen) atoms. The molecule has 3 aromatic rings. The number of nitrogens with zero attached hydrogens (tertiary/aromatic N) is 3. The first-order chi connectivity index (χ1) is 14.6. The Balaban J connectivity index is 1.51. The first-order valence-electron chi connectivity index (χ1n) is 9.86. The third-order valence-electron chi connectivity index (χ3n) is 5.49. The Morgan fingerprint density at radius 2 is 1.70 bits per heavy atom. The molecule has 158 valence electrons. The Bertz CT molecular complexity index is 1030. The molecular formula is C22H26N4O4. The fourth-order valence-electron chi connectivity index (χ4n) is 3.88. The summed E-state index contributed by atoms with van der Waals surface area (Å²) in [5.74, 6) is 1.69. The highest BCUT2D eigenvalue weighted by Gasteiger charge is 2.25. The number of amides is 1. The highest BCUT2D eigenvalue weighted by Crippen LogP contribution is 2.41. The van der Waals surface area contributed by atoms with E-state index in [1.54, 1.807) is 27.4 Å². The summed E-state index contributed by atoms with van der Waals surface area (Å²) in [7, 11) is 4.74. The van der Waals surface area contributed by atoms with Crippen molar-refractivity contribution >= 4 is 16.8 Å². The number of carbonyl (C=O) groups is 1. The van der Waals surface area contributed by atoms with Crippen molar-refractivity contribution in [1.82, 2.24) is 19.8 Å². The van der Waals surface area contributed by atoms with Gasteiger partial charge in [-0.2, -0.15) is 0 Å². The molecule has 3 heterocycles. The number of pyridine rings is 1. The van der Waals surface area contributed by atoms with Crippen molar-refractivity contribution in [3.8, 4) is 17.2 Å². The molecule has 0 radical (unpaired) electrons. The van der Waals surface area contributed by atoms with E-state index < -0.39 is 0 Å². The standard InChI is InChI=1S/C22H26N4O4/c1-28-18-13-19(29-2)21(30-3)20-16(18)12-17(24-20)22(27)26-10-8-25(9-11-26)14-15-4-6-23-7-5-15/h4-7,12-13,24H,8-11,14H2,1-3H3. The minimum absolute atomic E-state index is 0.0298. The van der Waals surface area contributed by atoms with E-state index in [2.05, 4.69) is 14.9 Å². The number of carbonyl (C=O) groups excluding carboxylic acids is 1. The van der Waals surface area contributed by atoms with Gasteiger partial charge >= 0.3 is 0 Å². The number of fused-ring (bicyclic) bond motifs is 1. The van der Waals surface area contributed by atoms with Crippen LogP contribution in [0.25, 0.3) is 10.9 Å². The molecule has 1 aliphatic rings. The lowest BCUT2D eigenvalue weighted by Gasteiger charge is -2.34. The number of methoxy groups -OCH3 is 3. The molecule has 2 aromatic heterocycles. The second-order valence-corrected chi connectivity index (χ2v) is 7.21. The summed E-state index contributed by atoms with van der Waals surface area (Å²) in [4.78, 5) is 24.6.